The average Bonchev–Trinajstić information content (AvgIpc) is 3.00. The van der Waals surface area contributed by atoms with Crippen molar-refractivity contribution in [1.82, 2.24) is 4.31 Å². The molecule has 8 nitrogen and oxygen atoms in total. The molecule has 32 heavy (non-hydrogen) atoms. The van der Waals surface area contributed by atoms with Gasteiger partial charge in [-0.05, 0) is 54.7 Å². The zero-order chi connectivity index (χ0) is 23.5. The van der Waals surface area contributed by atoms with Gasteiger partial charge in [-0.3, -0.25) is 0 Å². The number of rotatable bonds is 5. The number of methoxy groups -OCH3 is 2. The zero-order valence-corrected chi connectivity index (χ0v) is 19.5. The number of carbonyl (C=O) groups excluding carboxylic acids is 2. The minimum Gasteiger partial charge on any atom is -0.465 e. The van der Waals surface area contributed by atoms with Crippen molar-refractivity contribution < 1.29 is 27.5 Å². The number of anilines is 1. The van der Waals surface area contributed by atoms with Gasteiger partial charge in [0, 0.05) is 25.0 Å². The van der Waals surface area contributed by atoms with Crippen LogP contribution in [0.1, 0.15) is 20.3 Å². The largest absolute Gasteiger partial charge is 0.465 e. The first-order chi connectivity index (χ1) is 15.2. The second-order valence-electron chi connectivity index (χ2n) is 8.08. The summed E-state index contributed by atoms with van der Waals surface area (Å²) in [4.78, 5) is 26.4. The van der Waals surface area contributed by atoms with Crippen LogP contribution in [-0.4, -0.2) is 52.0 Å². The minimum atomic E-state index is -3.64. The molecular weight excluding hydrogens is 432 g/mol. The molecule has 0 spiro atoms. The van der Waals surface area contributed by atoms with Gasteiger partial charge in [-0.1, -0.05) is 19.9 Å². The molecule has 172 valence electrons. The average molecular weight is 461 g/mol. The third-order valence-corrected chi connectivity index (χ3v) is 7.32. The van der Waals surface area contributed by atoms with Crippen LogP contribution >= 0.6 is 0 Å². The van der Waals surface area contributed by atoms with Crippen LogP contribution in [0.3, 0.4) is 0 Å². The molecule has 2 unspecified atom stereocenters. The van der Waals surface area contributed by atoms with E-state index in [4.69, 9.17) is 9.47 Å². The number of ether oxygens (including phenoxy) is 2. The van der Waals surface area contributed by atoms with Crippen LogP contribution < -0.4 is 4.90 Å². The molecule has 2 aliphatic heterocycles. The van der Waals surface area contributed by atoms with Crippen LogP contribution in [0.2, 0.25) is 0 Å². The lowest BCUT2D eigenvalue weighted by Gasteiger charge is -2.34. The van der Waals surface area contributed by atoms with Crippen LogP contribution in [0.4, 0.5) is 5.69 Å². The Labute approximate surface area is 188 Å². The normalized spacial score (nSPS) is 21.9. The molecule has 3 rings (SSSR count). The quantitative estimate of drug-likeness (QED) is 0.624. The van der Waals surface area contributed by atoms with Crippen molar-refractivity contribution in [3.63, 3.8) is 0 Å². The molecule has 0 radical (unpaired) electrons. The highest BCUT2D eigenvalue weighted by molar-refractivity contribution is 7.89. The maximum Gasteiger partial charge on any atom is 0.355 e. The highest BCUT2D eigenvalue weighted by Crippen LogP contribution is 2.30. The monoisotopic (exact) mass is 460 g/mol. The highest BCUT2D eigenvalue weighted by atomic mass is 32.2. The number of piperidine rings is 1. The summed E-state index contributed by atoms with van der Waals surface area (Å²) in [5.41, 5.74) is 0.488. The van der Waals surface area contributed by atoms with E-state index in [0.29, 0.717) is 30.6 Å². The number of hydrogen-bond donors (Lipinski definition) is 0. The number of carbonyl (C=O) groups is 2. The summed E-state index contributed by atoms with van der Waals surface area (Å²) in [6, 6.07) is 6.20. The van der Waals surface area contributed by atoms with Crippen molar-refractivity contribution in [2.24, 2.45) is 11.8 Å². The molecule has 0 N–H and O–H groups in total. The summed E-state index contributed by atoms with van der Waals surface area (Å²) in [6.07, 6.45) is 7.32. The van der Waals surface area contributed by atoms with E-state index < -0.39 is 22.0 Å². The fourth-order valence-corrected chi connectivity index (χ4v) is 5.78. The highest BCUT2D eigenvalue weighted by Gasteiger charge is 2.32. The number of nitrogens with zero attached hydrogens (tertiary/aromatic N) is 2. The molecule has 2 atom stereocenters. The Kier molecular flexibility index (Phi) is 7.20. The van der Waals surface area contributed by atoms with E-state index in [1.165, 1.54) is 41.6 Å². The molecule has 0 aromatic heterocycles. The van der Waals surface area contributed by atoms with Gasteiger partial charge in [0.25, 0.3) is 0 Å². The van der Waals surface area contributed by atoms with Crippen molar-refractivity contribution >= 4 is 27.6 Å². The van der Waals surface area contributed by atoms with Gasteiger partial charge < -0.3 is 14.4 Å². The first-order valence-corrected chi connectivity index (χ1v) is 11.8. The number of sulfonamides is 1. The summed E-state index contributed by atoms with van der Waals surface area (Å²) in [5.74, 6) is -0.823. The van der Waals surface area contributed by atoms with Gasteiger partial charge in [0.2, 0.25) is 10.0 Å². The van der Waals surface area contributed by atoms with Crippen molar-refractivity contribution in [3.05, 3.63) is 60.0 Å². The van der Waals surface area contributed by atoms with Crippen LogP contribution in [0.25, 0.3) is 0 Å². The topological polar surface area (TPSA) is 93.2 Å². The van der Waals surface area contributed by atoms with Crippen LogP contribution in [0, 0.1) is 11.8 Å². The number of hydrogen-bond acceptors (Lipinski definition) is 7. The van der Waals surface area contributed by atoms with E-state index in [2.05, 4.69) is 13.8 Å². The fraction of sp³-hybridized carbons (Fsp3) is 0.391. The van der Waals surface area contributed by atoms with Gasteiger partial charge in [-0.2, -0.15) is 4.31 Å². The molecular formula is C23H28N2O6S. The molecule has 2 aliphatic rings. The Balaban J connectivity index is 1.98. The molecule has 1 fully saturated rings. The zero-order valence-electron chi connectivity index (χ0n) is 18.6. The van der Waals surface area contributed by atoms with E-state index in [9.17, 15) is 18.0 Å². The lowest BCUT2D eigenvalue weighted by atomic mass is 9.94. The van der Waals surface area contributed by atoms with Gasteiger partial charge in [-0.25, -0.2) is 18.0 Å². The van der Waals surface area contributed by atoms with Crippen LogP contribution in [0.15, 0.2) is 64.9 Å². The maximum atomic E-state index is 13.2. The van der Waals surface area contributed by atoms with Crippen LogP contribution in [-0.2, 0) is 29.1 Å². The lowest BCUT2D eigenvalue weighted by Crippen LogP contribution is -2.42. The van der Waals surface area contributed by atoms with Crippen molar-refractivity contribution in [2.45, 2.75) is 25.2 Å². The summed E-state index contributed by atoms with van der Waals surface area (Å²) >= 11 is 0. The van der Waals surface area contributed by atoms with Gasteiger partial charge in [0.1, 0.15) is 5.70 Å². The standard InChI is InChI=1S/C23H28N2O6S/c1-16-13-17(2)15-24(14-16)32(28,29)19-10-8-18(9-11-19)25-12-6-5-7-20(22(26)30-3)21(25)23(27)31-4/h5-12,16-17H,13-15H2,1-4H3. The Bertz CT molecular complexity index is 1060. The Hall–Kier alpha value is -2.91. The van der Waals surface area contributed by atoms with Crippen LogP contribution in [0.5, 0.6) is 0 Å². The molecule has 0 saturated carbocycles. The first kappa shape index (κ1) is 23.7. The second-order valence-corrected chi connectivity index (χ2v) is 10.0. The molecule has 2 heterocycles. The van der Waals surface area contributed by atoms with Gasteiger partial charge in [0.15, 0.2) is 0 Å². The molecule has 1 aromatic rings. The molecule has 9 heteroatoms. The second kappa shape index (κ2) is 9.70. The van der Waals surface area contributed by atoms with E-state index >= 15 is 0 Å². The predicted octanol–water partition coefficient (Wildman–Crippen LogP) is 2.84. The van der Waals surface area contributed by atoms with E-state index in [-0.39, 0.29) is 16.2 Å². The fourth-order valence-electron chi connectivity index (χ4n) is 4.10. The molecule has 1 aromatic carbocycles. The SMILES string of the molecule is COC(=O)C1=C(C(=O)OC)N(c2ccc(S(=O)(=O)N3CC(C)CC(C)C3)cc2)C=CC=C1. The van der Waals surface area contributed by atoms with Gasteiger partial charge in [-0.15, -0.1) is 0 Å². The third kappa shape index (κ3) is 4.78. The summed E-state index contributed by atoms with van der Waals surface area (Å²) in [7, 11) is -1.19. The Morgan fingerprint density at radius 3 is 2.09 bits per heavy atom. The van der Waals surface area contributed by atoms with E-state index in [1.54, 1.807) is 30.5 Å². The third-order valence-electron chi connectivity index (χ3n) is 5.48. The van der Waals surface area contributed by atoms with E-state index in [1.807, 2.05) is 0 Å². The predicted molar refractivity (Wildman–Crippen MR) is 120 cm³/mol. The molecule has 0 amide bonds. The smallest absolute Gasteiger partial charge is 0.355 e. The number of esters is 2. The molecule has 0 aliphatic carbocycles. The Morgan fingerprint density at radius 2 is 1.53 bits per heavy atom. The van der Waals surface area contributed by atoms with Crippen molar-refractivity contribution in [1.29, 1.82) is 0 Å². The first-order valence-electron chi connectivity index (χ1n) is 10.3. The van der Waals surface area contributed by atoms with Crippen molar-refractivity contribution in [2.75, 3.05) is 32.2 Å². The van der Waals surface area contributed by atoms with Gasteiger partial charge >= 0.3 is 11.9 Å². The maximum absolute atomic E-state index is 13.2. The minimum absolute atomic E-state index is 0.0253. The van der Waals surface area contributed by atoms with Gasteiger partial charge in [0.05, 0.1) is 24.7 Å². The Morgan fingerprint density at radius 1 is 0.938 bits per heavy atom. The molecule has 1 saturated heterocycles. The van der Waals surface area contributed by atoms with E-state index in [0.717, 1.165) is 6.42 Å². The summed E-state index contributed by atoms with van der Waals surface area (Å²) in [6.45, 7) is 5.10. The summed E-state index contributed by atoms with van der Waals surface area (Å²) in [5, 5.41) is 0. The summed E-state index contributed by atoms with van der Waals surface area (Å²) < 4.78 is 37.6. The number of benzene rings is 1. The lowest BCUT2D eigenvalue weighted by molar-refractivity contribution is -0.139. The molecule has 0 bridgehead atoms. The van der Waals surface area contributed by atoms with Crippen molar-refractivity contribution in [3.8, 4) is 0 Å². The number of allylic oxidation sites excluding steroid dienone is 2.